The van der Waals surface area contributed by atoms with Crippen LogP contribution in [-0.2, 0) is 19.4 Å². The first-order chi connectivity index (χ1) is 20.5. The number of fused-ring (bicyclic) bond motifs is 2. The van der Waals surface area contributed by atoms with Gasteiger partial charge in [0.05, 0.1) is 20.8 Å². The van der Waals surface area contributed by atoms with Crippen LogP contribution in [0.2, 0.25) is 0 Å². The molecule has 0 radical (unpaired) electrons. The molecule has 6 heteroatoms. The van der Waals surface area contributed by atoms with Crippen molar-refractivity contribution >= 4 is 11.5 Å². The highest BCUT2D eigenvalue weighted by Gasteiger charge is 2.34. The summed E-state index contributed by atoms with van der Waals surface area (Å²) in [6, 6.07) is 20.8. The van der Waals surface area contributed by atoms with Crippen LogP contribution in [0.25, 0.3) is 0 Å². The number of Topliss-reactive ketones (excluding diaryl/α,β-unsaturated/α-hetero) is 1. The van der Waals surface area contributed by atoms with Gasteiger partial charge in [-0.05, 0) is 98.1 Å². The highest BCUT2D eigenvalue weighted by molar-refractivity contribution is 6.02. The number of ether oxygens (including phenoxy) is 3. The van der Waals surface area contributed by atoms with E-state index in [4.69, 9.17) is 14.2 Å². The fourth-order valence-corrected chi connectivity index (χ4v) is 6.71. The Labute approximate surface area is 249 Å². The first-order valence-corrected chi connectivity index (χ1v) is 15.3. The summed E-state index contributed by atoms with van der Waals surface area (Å²) in [6.45, 7) is 5.85. The van der Waals surface area contributed by atoms with Crippen LogP contribution >= 0.6 is 0 Å². The van der Waals surface area contributed by atoms with E-state index in [1.165, 1.54) is 11.1 Å². The Morgan fingerprint density at radius 3 is 2.52 bits per heavy atom. The molecule has 1 saturated heterocycles. The molecule has 3 aromatic carbocycles. The van der Waals surface area contributed by atoms with E-state index >= 15 is 0 Å². The van der Waals surface area contributed by atoms with Crippen molar-refractivity contribution < 1.29 is 19.0 Å². The van der Waals surface area contributed by atoms with Gasteiger partial charge in [0.15, 0.2) is 17.3 Å². The summed E-state index contributed by atoms with van der Waals surface area (Å²) in [4.78, 5) is 16.1. The molecule has 42 heavy (non-hydrogen) atoms. The number of carbonyl (C=O) groups is 1. The number of nitrogens with zero attached hydrogens (tertiary/aromatic N) is 1. The van der Waals surface area contributed by atoms with Crippen molar-refractivity contribution in [2.75, 3.05) is 39.2 Å². The highest BCUT2D eigenvalue weighted by atomic mass is 16.5. The lowest BCUT2D eigenvalue weighted by atomic mass is 9.85. The average molecular weight is 567 g/mol. The van der Waals surface area contributed by atoms with Crippen LogP contribution < -0.4 is 19.5 Å². The van der Waals surface area contributed by atoms with E-state index in [0.717, 1.165) is 80.0 Å². The Hall–Kier alpha value is -3.77. The van der Waals surface area contributed by atoms with Crippen LogP contribution in [0.1, 0.15) is 53.2 Å². The van der Waals surface area contributed by atoms with E-state index in [1.807, 2.05) is 18.2 Å². The molecule has 1 aliphatic carbocycles. The van der Waals surface area contributed by atoms with Gasteiger partial charge in [-0.1, -0.05) is 43.3 Å². The maximum Gasteiger partial charge on any atom is 0.166 e. The summed E-state index contributed by atoms with van der Waals surface area (Å²) in [5, 5.41) is 3.56. The summed E-state index contributed by atoms with van der Waals surface area (Å²) in [7, 11) is 3.36. The number of hydrogen-bond donors (Lipinski definition) is 1. The third-order valence-corrected chi connectivity index (χ3v) is 9.22. The van der Waals surface area contributed by atoms with Gasteiger partial charge < -0.3 is 19.5 Å². The molecule has 1 N–H and O–H groups in total. The Morgan fingerprint density at radius 1 is 0.952 bits per heavy atom. The van der Waals surface area contributed by atoms with Crippen LogP contribution in [0.3, 0.4) is 0 Å². The zero-order chi connectivity index (χ0) is 29.1. The van der Waals surface area contributed by atoms with Crippen molar-refractivity contribution in [3.05, 3.63) is 94.7 Å². The Bertz CT molecular complexity index is 1440. The number of hydrogen-bond acceptors (Lipinski definition) is 6. The fourth-order valence-electron chi connectivity index (χ4n) is 6.71. The molecule has 0 saturated carbocycles. The van der Waals surface area contributed by atoms with Gasteiger partial charge in [0.25, 0.3) is 0 Å². The summed E-state index contributed by atoms with van der Waals surface area (Å²) < 4.78 is 17.4. The second-order valence-electron chi connectivity index (χ2n) is 12.1. The SMILES string of the molecule is COc1ccc2c(c1)CC=C(C(C)COc1cc3c(cc1OC)CC(CC1CCN(Cc4ccccc4)CC1)C3=O)N2. The summed E-state index contributed by atoms with van der Waals surface area (Å²) in [5.74, 6) is 3.28. The minimum atomic E-state index is 0.0554. The summed E-state index contributed by atoms with van der Waals surface area (Å²) in [5.41, 5.74) is 6.73. The molecule has 1 fully saturated rings. The van der Waals surface area contributed by atoms with E-state index in [0.29, 0.717) is 24.0 Å². The number of allylic oxidation sites excluding steroid dienone is 1. The first kappa shape index (κ1) is 28.4. The molecule has 3 aromatic rings. The number of likely N-dealkylation sites (tertiary alicyclic amines) is 1. The molecule has 2 unspecified atom stereocenters. The van der Waals surface area contributed by atoms with Crippen molar-refractivity contribution in [2.45, 2.75) is 45.6 Å². The second-order valence-corrected chi connectivity index (χ2v) is 12.1. The van der Waals surface area contributed by atoms with E-state index in [1.54, 1.807) is 14.2 Å². The van der Waals surface area contributed by atoms with Crippen LogP contribution in [-0.4, -0.2) is 44.6 Å². The predicted octanol–water partition coefficient (Wildman–Crippen LogP) is 6.93. The van der Waals surface area contributed by atoms with Crippen molar-refractivity contribution in [2.24, 2.45) is 17.8 Å². The van der Waals surface area contributed by atoms with Crippen LogP contribution in [0.15, 0.2) is 72.4 Å². The van der Waals surface area contributed by atoms with Crippen LogP contribution in [0, 0.1) is 17.8 Å². The summed E-state index contributed by atoms with van der Waals surface area (Å²) in [6.07, 6.45) is 7.15. The molecule has 0 aromatic heterocycles. The van der Waals surface area contributed by atoms with Gasteiger partial charge in [-0.15, -0.1) is 0 Å². The molecule has 2 heterocycles. The van der Waals surface area contributed by atoms with E-state index in [2.05, 4.69) is 65.7 Å². The number of methoxy groups -OCH3 is 2. The molecule has 220 valence electrons. The minimum Gasteiger partial charge on any atom is -0.497 e. The van der Waals surface area contributed by atoms with Gasteiger partial charge in [0, 0.05) is 35.3 Å². The number of anilines is 1. The van der Waals surface area contributed by atoms with Crippen molar-refractivity contribution in [3.8, 4) is 17.2 Å². The predicted molar refractivity (Wildman–Crippen MR) is 167 cm³/mol. The largest absolute Gasteiger partial charge is 0.497 e. The highest BCUT2D eigenvalue weighted by Crippen LogP contribution is 2.40. The number of benzene rings is 3. The molecular weight excluding hydrogens is 524 g/mol. The van der Waals surface area contributed by atoms with Crippen LogP contribution in [0.4, 0.5) is 5.69 Å². The second kappa shape index (κ2) is 12.6. The lowest BCUT2D eigenvalue weighted by Crippen LogP contribution is -2.34. The normalized spacial score (nSPS) is 19.4. The van der Waals surface area contributed by atoms with Crippen molar-refractivity contribution in [3.63, 3.8) is 0 Å². The number of rotatable bonds is 10. The van der Waals surface area contributed by atoms with E-state index in [-0.39, 0.29) is 17.6 Å². The van der Waals surface area contributed by atoms with Gasteiger partial charge in [0.1, 0.15) is 5.75 Å². The number of ketones is 1. The zero-order valence-electron chi connectivity index (χ0n) is 25.0. The Kier molecular flexibility index (Phi) is 8.52. The number of carbonyl (C=O) groups excluding carboxylic acids is 1. The third-order valence-electron chi connectivity index (χ3n) is 9.22. The Morgan fingerprint density at radius 2 is 1.76 bits per heavy atom. The van der Waals surface area contributed by atoms with Crippen LogP contribution in [0.5, 0.6) is 17.2 Å². The summed E-state index contributed by atoms with van der Waals surface area (Å²) >= 11 is 0. The average Bonchev–Trinajstić information content (AvgIpc) is 3.33. The topological polar surface area (TPSA) is 60.0 Å². The molecule has 6 rings (SSSR count). The molecule has 0 spiro atoms. The maximum absolute atomic E-state index is 13.5. The fraction of sp³-hybridized carbons (Fsp3) is 0.417. The van der Waals surface area contributed by atoms with Gasteiger partial charge in [-0.3, -0.25) is 9.69 Å². The molecule has 0 amide bonds. The van der Waals surface area contributed by atoms with E-state index in [9.17, 15) is 4.79 Å². The zero-order valence-corrected chi connectivity index (χ0v) is 25.0. The molecule has 6 nitrogen and oxygen atoms in total. The minimum absolute atomic E-state index is 0.0554. The lowest BCUT2D eigenvalue weighted by Gasteiger charge is -2.32. The standard InChI is InChI=1S/C36H42N2O4/c1-24(32-11-9-27-19-30(40-2)10-12-33(27)37-32)23-42-35-21-31-28(20-34(35)41-3)18-29(36(31)39)17-25-13-15-38(16-14-25)22-26-7-5-4-6-8-26/h4-8,10-12,19-21,24-25,29,37H,9,13-18,22-23H2,1-3H3. The molecule has 0 bridgehead atoms. The van der Waals surface area contributed by atoms with Gasteiger partial charge in [-0.2, -0.15) is 0 Å². The smallest absolute Gasteiger partial charge is 0.166 e. The monoisotopic (exact) mass is 566 g/mol. The van der Waals surface area contributed by atoms with Gasteiger partial charge >= 0.3 is 0 Å². The maximum atomic E-state index is 13.5. The van der Waals surface area contributed by atoms with Crippen molar-refractivity contribution in [1.82, 2.24) is 4.90 Å². The van der Waals surface area contributed by atoms with E-state index < -0.39 is 0 Å². The number of piperidine rings is 1. The quantitative estimate of drug-likeness (QED) is 0.287. The van der Waals surface area contributed by atoms with Gasteiger partial charge in [0.2, 0.25) is 0 Å². The van der Waals surface area contributed by atoms with Crippen molar-refractivity contribution in [1.29, 1.82) is 0 Å². The number of nitrogens with one attached hydrogen (secondary N) is 1. The third kappa shape index (κ3) is 6.19. The molecule has 2 atom stereocenters. The molecular formula is C36H42N2O4. The van der Waals surface area contributed by atoms with Gasteiger partial charge in [-0.25, -0.2) is 0 Å². The molecule has 3 aliphatic rings. The molecule has 2 aliphatic heterocycles. The first-order valence-electron chi connectivity index (χ1n) is 15.3. The lowest BCUT2D eigenvalue weighted by molar-refractivity contribution is 0.0895. The Balaban J connectivity index is 1.04.